The van der Waals surface area contributed by atoms with Crippen LogP contribution in [-0.2, 0) is 24.9 Å². The number of aromatic nitrogens is 2. The number of carbonyl (C=O) groups excluding carboxylic acids is 1. The molecule has 0 atom stereocenters. The van der Waals surface area contributed by atoms with Gasteiger partial charge in [-0.1, -0.05) is 47.7 Å². The van der Waals surface area contributed by atoms with Crippen LogP contribution in [-0.4, -0.2) is 32.5 Å². The Labute approximate surface area is 215 Å². The molecule has 35 heavy (non-hydrogen) atoms. The van der Waals surface area contributed by atoms with Crippen molar-refractivity contribution in [3.05, 3.63) is 91.4 Å². The van der Waals surface area contributed by atoms with Gasteiger partial charge in [-0.15, -0.1) is 11.3 Å². The number of nitrogens with zero attached hydrogens (tertiary/aromatic N) is 5. The molecule has 2 aromatic heterocycles. The number of allylic oxidation sites excluding steroid dienone is 2. The first-order valence-corrected chi connectivity index (χ1v) is 13.6. The fraction of sp³-hybridized carbons (Fsp3) is 0.200. The average molecular weight is 523 g/mol. The first kappa shape index (κ1) is 23.5. The van der Waals surface area contributed by atoms with Crippen LogP contribution in [0.25, 0.3) is 10.6 Å². The summed E-state index contributed by atoms with van der Waals surface area (Å²) in [6.45, 7) is 2.81. The van der Waals surface area contributed by atoms with Gasteiger partial charge in [-0.2, -0.15) is 0 Å². The van der Waals surface area contributed by atoms with Crippen LogP contribution in [0.1, 0.15) is 12.5 Å². The van der Waals surface area contributed by atoms with Gasteiger partial charge in [0.15, 0.2) is 0 Å². The Morgan fingerprint density at radius 3 is 2.60 bits per heavy atom. The number of hydrogen-bond donors (Lipinski definition) is 0. The third kappa shape index (κ3) is 4.44. The van der Waals surface area contributed by atoms with Crippen molar-refractivity contribution in [1.82, 2.24) is 14.4 Å². The van der Waals surface area contributed by atoms with Gasteiger partial charge in [0, 0.05) is 25.2 Å². The predicted molar refractivity (Wildman–Crippen MR) is 144 cm³/mol. The maximum Gasteiger partial charge on any atom is 0.384 e. The molecule has 10 heteroatoms. The topological polar surface area (TPSA) is 61.8 Å². The molecule has 0 unspecified atom stereocenters. The molecule has 1 aromatic carbocycles. The van der Waals surface area contributed by atoms with E-state index in [2.05, 4.69) is 0 Å². The van der Waals surface area contributed by atoms with Gasteiger partial charge in [0.25, 0.3) is 16.6 Å². The van der Waals surface area contributed by atoms with E-state index in [1.807, 2.05) is 96.8 Å². The number of rotatable bonds is 4. The summed E-state index contributed by atoms with van der Waals surface area (Å²) in [4.78, 5) is 36.2. The van der Waals surface area contributed by atoms with E-state index in [0.29, 0.717) is 32.4 Å². The van der Waals surface area contributed by atoms with Crippen molar-refractivity contribution >= 4 is 61.2 Å². The summed E-state index contributed by atoms with van der Waals surface area (Å²) in [5.74, 6) is -0.135. The Morgan fingerprint density at radius 2 is 1.91 bits per heavy atom. The highest BCUT2D eigenvalue weighted by Gasteiger charge is 2.39. The third-order valence-electron chi connectivity index (χ3n) is 5.68. The molecule has 4 heterocycles. The lowest BCUT2D eigenvalue weighted by Gasteiger charge is -2.16. The molecule has 0 spiro atoms. The maximum atomic E-state index is 13.8. The smallest absolute Gasteiger partial charge is 0.350 e. The summed E-state index contributed by atoms with van der Waals surface area (Å²) in [6, 6.07) is 9.88. The number of likely N-dealkylation sites (N-methyl/N-ethyl adjacent to an activating group) is 1. The zero-order valence-electron chi connectivity index (χ0n) is 19.5. The van der Waals surface area contributed by atoms with Crippen molar-refractivity contribution in [3.8, 4) is 0 Å². The van der Waals surface area contributed by atoms with Crippen LogP contribution in [0.5, 0.6) is 0 Å². The molecule has 178 valence electrons. The third-order valence-corrected chi connectivity index (χ3v) is 8.93. The molecule has 3 aromatic rings. The Kier molecular flexibility index (Phi) is 6.59. The second-order valence-electron chi connectivity index (χ2n) is 7.98. The lowest BCUT2D eigenvalue weighted by Crippen LogP contribution is -2.35. The van der Waals surface area contributed by atoms with Gasteiger partial charge in [-0.25, -0.2) is 4.57 Å². The number of benzene rings is 1. The summed E-state index contributed by atoms with van der Waals surface area (Å²) >= 11 is 4.22. The highest BCUT2D eigenvalue weighted by Crippen LogP contribution is 2.34. The van der Waals surface area contributed by atoms with Gasteiger partial charge in [-0.3, -0.25) is 19.1 Å². The second-order valence-corrected chi connectivity index (χ2v) is 10.8. The molecular formula is C25H24N5O2S3+. The number of amidine groups is 1. The fourth-order valence-corrected chi connectivity index (χ4v) is 7.04. The standard InChI is InChI=1S/C25H24N5O2S3/c1-4-29-21(31)19(18-12-8-9-13-27(18)2)34-23(29)20-22(32)30(16-17-10-6-5-7-11-17)25(35-20)26-24-28(3)14-15-33-24/h5-15H,4,16H2,1-3H3/q+1. The van der Waals surface area contributed by atoms with Crippen LogP contribution in [0.2, 0.25) is 0 Å². The first-order valence-electron chi connectivity index (χ1n) is 11.1. The van der Waals surface area contributed by atoms with E-state index >= 15 is 0 Å². The molecule has 2 aliphatic heterocycles. The van der Waals surface area contributed by atoms with Crippen LogP contribution < -0.4 is 19.3 Å². The number of amides is 1. The molecule has 1 amide bonds. The minimum Gasteiger partial charge on any atom is -0.350 e. The molecular weight excluding hydrogens is 499 g/mol. The van der Waals surface area contributed by atoms with E-state index in [-0.39, 0.29) is 11.5 Å². The Bertz CT molecular complexity index is 1560. The highest BCUT2D eigenvalue weighted by molar-refractivity contribution is 8.23. The number of carbonyl (C=O) groups is 1. The molecule has 0 bridgehead atoms. The Balaban J connectivity index is 1.70. The van der Waals surface area contributed by atoms with E-state index in [0.717, 1.165) is 16.4 Å². The molecule has 0 N–H and O–H groups in total. The van der Waals surface area contributed by atoms with Crippen molar-refractivity contribution in [2.24, 2.45) is 12.0 Å². The van der Waals surface area contributed by atoms with Gasteiger partial charge in [0.05, 0.1) is 19.3 Å². The van der Waals surface area contributed by atoms with E-state index < -0.39 is 0 Å². The fourth-order valence-electron chi connectivity index (χ4n) is 3.83. The quantitative estimate of drug-likeness (QED) is 0.494. The van der Waals surface area contributed by atoms with E-state index in [1.54, 1.807) is 9.47 Å². The van der Waals surface area contributed by atoms with Gasteiger partial charge in [-0.05, 0) is 41.4 Å². The Morgan fingerprint density at radius 1 is 1.11 bits per heavy atom. The van der Waals surface area contributed by atoms with Crippen LogP contribution >= 0.6 is 34.4 Å². The average Bonchev–Trinajstić information content (AvgIpc) is 3.51. The molecule has 5 rings (SSSR count). The number of hydrogen-bond acceptors (Lipinski definition) is 7. The van der Waals surface area contributed by atoms with Gasteiger partial charge >= 0.3 is 5.13 Å². The van der Waals surface area contributed by atoms with Crippen LogP contribution in [0.3, 0.4) is 0 Å². The molecule has 0 saturated carbocycles. The molecule has 1 saturated heterocycles. The Hall–Kier alpha value is -3.21. The van der Waals surface area contributed by atoms with Crippen molar-refractivity contribution in [1.29, 1.82) is 0 Å². The van der Waals surface area contributed by atoms with Crippen LogP contribution in [0.15, 0.2) is 76.1 Å². The van der Waals surface area contributed by atoms with Crippen molar-refractivity contribution in [3.63, 3.8) is 0 Å². The summed E-state index contributed by atoms with van der Waals surface area (Å²) < 4.78 is 4.92. The number of thiazole rings is 2. The zero-order valence-corrected chi connectivity index (χ0v) is 22.0. The minimum atomic E-state index is -0.135. The van der Waals surface area contributed by atoms with Crippen molar-refractivity contribution in [2.75, 3.05) is 7.05 Å². The molecule has 2 aliphatic rings. The second kappa shape index (κ2) is 9.80. The van der Waals surface area contributed by atoms with E-state index in [1.165, 1.54) is 34.4 Å². The summed E-state index contributed by atoms with van der Waals surface area (Å²) in [6.07, 6.45) is 9.63. The lowest BCUT2D eigenvalue weighted by molar-refractivity contribution is -0.653. The largest absolute Gasteiger partial charge is 0.384 e. The maximum absolute atomic E-state index is 13.8. The molecule has 1 fully saturated rings. The predicted octanol–water partition coefficient (Wildman–Crippen LogP) is 2.51. The summed E-state index contributed by atoms with van der Waals surface area (Å²) in [5, 5.41) is 3.38. The van der Waals surface area contributed by atoms with Gasteiger partial charge in [0.1, 0.15) is 20.3 Å². The first-order chi connectivity index (χ1) is 17.0. The minimum absolute atomic E-state index is 0.0835. The summed E-state index contributed by atoms with van der Waals surface area (Å²) in [7, 11) is 3.85. The van der Waals surface area contributed by atoms with E-state index in [9.17, 15) is 9.59 Å². The normalized spacial score (nSPS) is 20.0. The van der Waals surface area contributed by atoms with Crippen molar-refractivity contribution in [2.45, 2.75) is 20.0 Å². The zero-order chi connectivity index (χ0) is 24.5. The molecule has 7 nitrogen and oxygen atoms in total. The van der Waals surface area contributed by atoms with Gasteiger partial charge < -0.3 is 4.90 Å². The summed E-state index contributed by atoms with van der Waals surface area (Å²) in [5.41, 5.74) is 1.76. The monoisotopic (exact) mass is 522 g/mol. The molecule has 0 radical (unpaired) electrons. The lowest BCUT2D eigenvalue weighted by atomic mass is 10.2. The molecule has 0 aliphatic carbocycles. The number of thioether (sulfide) groups is 1. The van der Waals surface area contributed by atoms with Crippen LogP contribution in [0, 0.1) is 0 Å². The van der Waals surface area contributed by atoms with Gasteiger partial charge in [0.2, 0.25) is 0 Å². The highest BCUT2D eigenvalue weighted by atomic mass is 32.2. The van der Waals surface area contributed by atoms with Crippen LogP contribution in [0.4, 0.5) is 5.13 Å². The number of aliphatic imine (C=N–C) groups is 1. The van der Waals surface area contributed by atoms with Crippen molar-refractivity contribution < 1.29 is 9.36 Å². The number of aryl methyl sites for hydroxylation is 1. The SMILES string of the molecule is CCn1c(=C2SC(=Nc3scc[n+]3C)N(Cc3ccccc3)C2=O)sc(=C2C=CC=CN2C)c1=O. The van der Waals surface area contributed by atoms with E-state index in [4.69, 9.17) is 4.99 Å².